The maximum absolute atomic E-state index is 5.69. The number of ether oxygens (including phenoxy) is 1. The average molecular weight is 218 g/mol. The van der Waals surface area contributed by atoms with E-state index in [9.17, 15) is 0 Å². The summed E-state index contributed by atoms with van der Waals surface area (Å²) in [5.41, 5.74) is 1.24. The van der Waals surface area contributed by atoms with Crippen LogP contribution in [0.15, 0.2) is 43.0 Å². The molecular formula is C15H22O. The van der Waals surface area contributed by atoms with Crippen LogP contribution in [0.1, 0.15) is 25.8 Å². The second-order valence-corrected chi connectivity index (χ2v) is 4.55. The molecule has 0 spiro atoms. The highest BCUT2D eigenvalue weighted by Gasteiger charge is 2.06. The van der Waals surface area contributed by atoms with E-state index >= 15 is 0 Å². The van der Waals surface area contributed by atoms with Crippen molar-refractivity contribution in [1.29, 1.82) is 0 Å². The van der Waals surface area contributed by atoms with Crippen molar-refractivity contribution in [3.05, 3.63) is 48.6 Å². The second-order valence-electron chi connectivity index (χ2n) is 4.55. The van der Waals surface area contributed by atoms with Gasteiger partial charge in [0.25, 0.3) is 0 Å². The van der Waals surface area contributed by atoms with Crippen molar-refractivity contribution in [3.63, 3.8) is 0 Å². The molecule has 0 N–H and O–H groups in total. The summed E-state index contributed by atoms with van der Waals surface area (Å²) in [6.07, 6.45) is 3.16. The van der Waals surface area contributed by atoms with Crippen molar-refractivity contribution in [3.8, 4) is 0 Å². The molecule has 1 aromatic carbocycles. The Balaban J connectivity index is 2.18. The van der Waals surface area contributed by atoms with Crippen LogP contribution < -0.4 is 0 Å². The lowest BCUT2D eigenvalue weighted by Gasteiger charge is -2.14. The van der Waals surface area contributed by atoms with Crippen molar-refractivity contribution in [1.82, 2.24) is 0 Å². The predicted octanol–water partition coefficient (Wildman–Crippen LogP) is 4.05. The standard InChI is InChI=1S/C15H22O/c1-4-13(2)10-14(3)11-16-12-15-8-6-5-7-9-15/h4-9,13-14H,1,10-12H2,2-3H3/t13-,14-/m0/s1. The van der Waals surface area contributed by atoms with E-state index in [1.54, 1.807) is 0 Å². The molecule has 0 bridgehead atoms. The van der Waals surface area contributed by atoms with Gasteiger partial charge in [-0.25, -0.2) is 0 Å². The van der Waals surface area contributed by atoms with Gasteiger partial charge in [0.15, 0.2) is 0 Å². The number of benzene rings is 1. The van der Waals surface area contributed by atoms with Crippen LogP contribution in [-0.4, -0.2) is 6.61 Å². The topological polar surface area (TPSA) is 9.23 Å². The van der Waals surface area contributed by atoms with E-state index in [0.717, 1.165) is 13.0 Å². The van der Waals surface area contributed by atoms with Crippen molar-refractivity contribution >= 4 is 0 Å². The van der Waals surface area contributed by atoms with Crippen LogP contribution in [0.25, 0.3) is 0 Å². The van der Waals surface area contributed by atoms with Crippen LogP contribution in [-0.2, 0) is 11.3 Å². The molecule has 0 aliphatic heterocycles. The summed E-state index contributed by atoms with van der Waals surface area (Å²) < 4.78 is 5.69. The molecule has 1 aromatic rings. The van der Waals surface area contributed by atoms with Crippen LogP contribution in [0, 0.1) is 11.8 Å². The Bertz CT molecular complexity index is 292. The molecule has 0 saturated carbocycles. The van der Waals surface area contributed by atoms with Gasteiger partial charge in [0.05, 0.1) is 6.61 Å². The molecule has 0 amide bonds. The third-order valence-electron chi connectivity index (χ3n) is 2.69. The van der Waals surface area contributed by atoms with Crippen LogP contribution in [0.4, 0.5) is 0 Å². The van der Waals surface area contributed by atoms with Crippen LogP contribution >= 0.6 is 0 Å². The number of hydrogen-bond acceptors (Lipinski definition) is 1. The lowest BCUT2D eigenvalue weighted by Crippen LogP contribution is -2.09. The van der Waals surface area contributed by atoms with Gasteiger partial charge in [-0.2, -0.15) is 0 Å². The first-order valence-electron chi connectivity index (χ1n) is 5.96. The lowest BCUT2D eigenvalue weighted by molar-refractivity contribution is 0.0867. The van der Waals surface area contributed by atoms with Gasteiger partial charge in [-0.15, -0.1) is 6.58 Å². The Morgan fingerprint density at radius 3 is 2.56 bits per heavy atom. The molecule has 0 aromatic heterocycles. The minimum atomic E-state index is 0.579. The number of allylic oxidation sites excluding steroid dienone is 1. The summed E-state index contributed by atoms with van der Waals surface area (Å²) >= 11 is 0. The van der Waals surface area contributed by atoms with Crippen LogP contribution in [0.2, 0.25) is 0 Å². The summed E-state index contributed by atoms with van der Waals surface area (Å²) in [6.45, 7) is 9.77. The summed E-state index contributed by atoms with van der Waals surface area (Å²) in [6, 6.07) is 10.3. The molecule has 0 heterocycles. The highest BCUT2D eigenvalue weighted by molar-refractivity contribution is 5.13. The van der Waals surface area contributed by atoms with Gasteiger partial charge in [0.1, 0.15) is 0 Å². The number of rotatable bonds is 7. The third-order valence-corrected chi connectivity index (χ3v) is 2.69. The zero-order chi connectivity index (χ0) is 11.8. The first-order chi connectivity index (χ1) is 7.72. The smallest absolute Gasteiger partial charge is 0.0717 e. The van der Waals surface area contributed by atoms with E-state index < -0.39 is 0 Å². The average Bonchev–Trinajstić information content (AvgIpc) is 2.30. The molecule has 1 nitrogen and oxygen atoms in total. The molecule has 0 saturated heterocycles. The maximum Gasteiger partial charge on any atom is 0.0717 e. The Hall–Kier alpha value is -1.08. The lowest BCUT2D eigenvalue weighted by atomic mass is 9.98. The highest BCUT2D eigenvalue weighted by atomic mass is 16.5. The largest absolute Gasteiger partial charge is 0.376 e. The zero-order valence-corrected chi connectivity index (χ0v) is 10.4. The molecule has 0 unspecified atom stereocenters. The summed E-state index contributed by atoms with van der Waals surface area (Å²) in [7, 11) is 0. The zero-order valence-electron chi connectivity index (χ0n) is 10.4. The first kappa shape index (κ1) is 13.0. The molecule has 0 aliphatic rings. The van der Waals surface area contributed by atoms with E-state index in [1.165, 1.54) is 5.56 Å². The van der Waals surface area contributed by atoms with E-state index in [1.807, 2.05) is 24.3 Å². The molecule has 88 valence electrons. The summed E-state index contributed by atoms with van der Waals surface area (Å²) in [4.78, 5) is 0. The predicted molar refractivity (Wildman–Crippen MR) is 69.2 cm³/mol. The fourth-order valence-electron chi connectivity index (χ4n) is 1.75. The molecule has 1 heteroatoms. The molecule has 0 radical (unpaired) electrons. The van der Waals surface area contributed by atoms with Gasteiger partial charge >= 0.3 is 0 Å². The van der Waals surface area contributed by atoms with Crippen LogP contribution in [0.5, 0.6) is 0 Å². The summed E-state index contributed by atoms with van der Waals surface area (Å²) in [5, 5.41) is 0. The fourth-order valence-corrected chi connectivity index (χ4v) is 1.75. The van der Waals surface area contributed by atoms with E-state index in [-0.39, 0.29) is 0 Å². The van der Waals surface area contributed by atoms with E-state index in [4.69, 9.17) is 4.74 Å². The second kappa shape index (κ2) is 7.24. The quantitative estimate of drug-likeness (QED) is 0.627. The summed E-state index contributed by atoms with van der Waals surface area (Å²) in [5.74, 6) is 1.17. The fraction of sp³-hybridized carbons (Fsp3) is 0.467. The van der Waals surface area contributed by atoms with Gasteiger partial charge in [0, 0.05) is 6.61 Å². The SMILES string of the molecule is C=C[C@H](C)C[C@H](C)COCc1ccccc1. The monoisotopic (exact) mass is 218 g/mol. The molecule has 2 atom stereocenters. The molecule has 0 aliphatic carbocycles. The molecular weight excluding hydrogens is 196 g/mol. The van der Waals surface area contributed by atoms with E-state index in [2.05, 4.69) is 32.6 Å². The minimum Gasteiger partial charge on any atom is -0.376 e. The molecule has 0 fully saturated rings. The maximum atomic E-state index is 5.69. The Morgan fingerprint density at radius 2 is 1.94 bits per heavy atom. The molecule has 1 rings (SSSR count). The van der Waals surface area contributed by atoms with Crippen molar-refractivity contribution in [2.24, 2.45) is 11.8 Å². The van der Waals surface area contributed by atoms with Gasteiger partial charge in [-0.05, 0) is 23.8 Å². The van der Waals surface area contributed by atoms with Gasteiger partial charge in [-0.3, -0.25) is 0 Å². The van der Waals surface area contributed by atoms with Crippen molar-refractivity contribution < 1.29 is 4.74 Å². The molecule has 16 heavy (non-hydrogen) atoms. The van der Waals surface area contributed by atoms with Gasteiger partial charge < -0.3 is 4.74 Å². The normalized spacial score (nSPS) is 14.4. The van der Waals surface area contributed by atoms with Crippen molar-refractivity contribution in [2.45, 2.75) is 26.9 Å². The van der Waals surface area contributed by atoms with Crippen molar-refractivity contribution in [2.75, 3.05) is 6.61 Å². The highest BCUT2D eigenvalue weighted by Crippen LogP contribution is 2.13. The minimum absolute atomic E-state index is 0.579. The van der Waals surface area contributed by atoms with Crippen LogP contribution in [0.3, 0.4) is 0 Å². The Kier molecular flexibility index (Phi) is 5.87. The van der Waals surface area contributed by atoms with Gasteiger partial charge in [0.2, 0.25) is 0 Å². The van der Waals surface area contributed by atoms with E-state index in [0.29, 0.717) is 18.4 Å². The first-order valence-corrected chi connectivity index (χ1v) is 5.96. The Morgan fingerprint density at radius 1 is 1.25 bits per heavy atom. The third kappa shape index (κ3) is 5.13. The number of hydrogen-bond donors (Lipinski definition) is 0. The Labute approximate surface area is 99.1 Å². The van der Waals surface area contributed by atoms with Gasteiger partial charge in [-0.1, -0.05) is 50.3 Å².